The summed E-state index contributed by atoms with van der Waals surface area (Å²) in [5.74, 6) is 0.0759. The number of para-hydroxylation sites is 1. The molecule has 1 aliphatic heterocycles. The van der Waals surface area contributed by atoms with Crippen molar-refractivity contribution < 1.29 is 14.4 Å². The summed E-state index contributed by atoms with van der Waals surface area (Å²) in [5.41, 5.74) is 2.68. The van der Waals surface area contributed by atoms with Crippen molar-refractivity contribution in [2.45, 2.75) is 58.3 Å². The number of piperidine rings is 1. The number of aromatic nitrogens is 3. The van der Waals surface area contributed by atoms with Gasteiger partial charge in [-0.25, -0.2) is 9.67 Å². The zero-order valence-corrected chi connectivity index (χ0v) is 19.9. The molecule has 0 saturated carbocycles. The van der Waals surface area contributed by atoms with E-state index in [9.17, 15) is 14.4 Å². The van der Waals surface area contributed by atoms with Crippen LogP contribution in [0.5, 0.6) is 0 Å². The molecule has 8 nitrogen and oxygen atoms in total. The number of carbonyl (C=O) groups is 3. The third-order valence-corrected chi connectivity index (χ3v) is 6.52. The number of amides is 3. The lowest BCUT2D eigenvalue weighted by molar-refractivity contribution is -0.138. The first-order chi connectivity index (χ1) is 16.2. The lowest BCUT2D eigenvalue weighted by Gasteiger charge is -2.35. The van der Waals surface area contributed by atoms with Gasteiger partial charge in [0.1, 0.15) is 5.82 Å². The highest BCUT2D eigenvalue weighted by Crippen LogP contribution is 2.36. The van der Waals surface area contributed by atoms with E-state index in [0.717, 1.165) is 16.8 Å². The Morgan fingerprint density at radius 2 is 1.85 bits per heavy atom. The molecule has 1 fully saturated rings. The van der Waals surface area contributed by atoms with E-state index in [0.29, 0.717) is 36.7 Å². The number of anilines is 1. The Morgan fingerprint density at radius 1 is 1.15 bits per heavy atom. The maximum absolute atomic E-state index is 12.9. The van der Waals surface area contributed by atoms with Gasteiger partial charge in [-0.15, -0.1) is 5.10 Å². The molecular formula is C26H29N5O3. The summed E-state index contributed by atoms with van der Waals surface area (Å²) < 4.78 is 1.70. The molecule has 1 saturated heterocycles. The smallest absolute Gasteiger partial charge is 0.295 e. The molecule has 2 N–H and O–H groups in total. The highest BCUT2D eigenvalue weighted by molar-refractivity contribution is 6.04. The van der Waals surface area contributed by atoms with E-state index >= 15 is 0 Å². The highest BCUT2D eigenvalue weighted by atomic mass is 16.2. The van der Waals surface area contributed by atoms with Crippen molar-refractivity contribution in [1.82, 2.24) is 20.1 Å². The maximum atomic E-state index is 12.9. The molecule has 34 heavy (non-hydrogen) atoms. The van der Waals surface area contributed by atoms with Crippen molar-refractivity contribution in [1.29, 1.82) is 0 Å². The topological polar surface area (TPSA) is 106 Å². The van der Waals surface area contributed by atoms with Crippen molar-refractivity contribution in [3.63, 3.8) is 0 Å². The third kappa shape index (κ3) is 4.23. The second-order valence-electron chi connectivity index (χ2n) is 8.95. The quantitative estimate of drug-likeness (QED) is 0.541. The number of hydrogen-bond acceptors (Lipinski definition) is 5. The van der Waals surface area contributed by atoms with E-state index in [1.54, 1.807) is 16.8 Å². The molecule has 2 heterocycles. The molecular weight excluding hydrogens is 430 g/mol. The largest absolute Gasteiger partial charge is 0.319 e. The monoisotopic (exact) mass is 459 g/mol. The van der Waals surface area contributed by atoms with Crippen molar-refractivity contribution in [3.8, 4) is 5.69 Å². The fourth-order valence-electron chi connectivity index (χ4n) is 4.51. The Balaban J connectivity index is 1.54. The number of nitrogens with zero attached hydrogens (tertiary/aromatic N) is 3. The summed E-state index contributed by atoms with van der Waals surface area (Å²) in [4.78, 5) is 41.4. The number of nitrogens with one attached hydrogen (secondary N) is 2. The van der Waals surface area contributed by atoms with E-state index in [4.69, 9.17) is 0 Å². The zero-order valence-electron chi connectivity index (χ0n) is 19.9. The summed E-state index contributed by atoms with van der Waals surface area (Å²) in [7, 11) is 0. The molecule has 1 aromatic heterocycles. The number of carbonyl (C=O) groups excluding carboxylic acids is 3. The Hall–Kier alpha value is -3.81. The second-order valence-corrected chi connectivity index (χ2v) is 8.95. The maximum Gasteiger partial charge on any atom is 0.295 e. The highest BCUT2D eigenvalue weighted by Gasteiger charge is 2.42. The molecule has 0 aliphatic carbocycles. The lowest BCUT2D eigenvalue weighted by atomic mass is 9.72. The van der Waals surface area contributed by atoms with Gasteiger partial charge >= 0.3 is 0 Å². The van der Waals surface area contributed by atoms with E-state index in [-0.39, 0.29) is 17.6 Å². The average molecular weight is 460 g/mol. The van der Waals surface area contributed by atoms with Gasteiger partial charge in [-0.3, -0.25) is 19.7 Å². The summed E-state index contributed by atoms with van der Waals surface area (Å²) in [5, 5.41) is 9.75. The van der Waals surface area contributed by atoms with E-state index in [1.165, 1.54) is 0 Å². The Labute approximate surface area is 198 Å². The van der Waals surface area contributed by atoms with Gasteiger partial charge < -0.3 is 5.32 Å². The number of aryl methyl sites for hydroxylation is 1. The fourth-order valence-corrected chi connectivity index (χ4v) is 4.51. The molecule has 0 bridgehead atoms. The zero-order chi connectivity index (χ0) is 24.5. The minimum absolute atomic E-state index is 0.0790. The number of benzene rings is 2. The lowest BCUT2D eigenvalue weighted by Crippen LogP contribution is -2.51. The summed E-state index contributed by atoms with van der Waals surface area (Å²) in [6.07, 6.45) is 1.36. The average Bonchev–Trinajstić information content (AvgIpc) is 3.22. The van der Waals surface area contributed by atoms with E-state index < -0.39 is 11.3 Å². The minimum Gasteiger partial charge on any atom is -0.319 e. The first-order valence-corrected chi connectivity index (χ1v) is 11.5. The first-order valence-electron chi connectivity index (χ1n) is 11.5. The van der Waals surface area contributed by atoms with Gasteiger partial charge in [-0.05, 0) is 55.0 Å². The van der Waals surface area contributed by atoms with Crippen LogP contribution in [0.15, 0.2) is 48.5 Å². The van der Waals surface area contributed by atoms with E-state index in [1.807, 2.05) is 50.2 Å². The molecule has 1 aliphatic rings. The van der Waals surface area contributed by atoms with Crippen LogP contribution >= 0.6 is 0 Å². The first kappa shape index (κ1) is 23.4. The van der Waals surface area contributed by atoms with Gasteiger partial charge in [0.15, 0.2) is 0 Å². The number of hydrogen-bond donors (Lipinski definition) is 2. The molecule has 176 valence electrons. The summed E-state index contributed by atoms with van der Waals surface area (Å²) in [6, 6.07) is 15.1. The standard InChI is InChI=1S/C26H29N5O3/c1-5-26(15-14-22(32)29-25(26)34)18-10-12-19(13-11-18)28-24(33)23-27-17(4)31(30-23)21-9-7-6-8-20(21)16(2)3/h6-13,16H,5,14-15H2,1-4H3,(H,28,33)(H,29,32,34)/t26-/m0/s1. The molecule has 0 radical (unpaired) electrons. The van der Waals surface area contributed by atoms with Crippen LogP contribution in [0.25, 0.3) is 5.69 Å². The van der Waals surface area contributed by atoms with Gasteiger partial charge in [-0.1, -0.05) is 51.1 Å². The molecule has 2 aromatic carbocycles. The van der Waals surface area contributed by atoms with Crippen LogP contribution < -0.4 is 10.6 Å². The van der Waals surface area contributed by atoms with Gasteiger partial charge in [0.2, 0.25) is 17.6 Å². The van der Waals surface area contributed by atoms with Gasteiger partial charge in [0.25, 0.3) is 5.91 Å². The van der Waals surface area contributed by atoms with Crippen molar-refractivity contribution in [2.75, 3.05) is 5.32 Å². The van der Waals surface area contributed by atoms with Crippen molar-refractivity contribution >= 4 is 23.4 Å². The van der Waals surface area contributed by atoms with Crippen LogP contribution in [0.2, 0.25) is 0 Å². The SMILES string of the molecule is CC[C@@]1(c2ccc(NC(=O)c3nc(C)n(-c4ccccc4C(C)C)n3)cc2)CCC(=O)NC1=O. The second kappa shape index (κ2) is 9.21. The predicted molar refractivity (Wildman–Crippen MR) is 129 cm³/mol. The van der Waals surface area contributed by atoms with E-state index in [2.05, 4.69) is 34.6 Å². The molecule has 3 amide bonds. The Kier molecular flexibility index (Phi) is 6.32. The molecule has 8 heteroatoms. The molecule has 1 atom stereocenters. The molecule has 3 aromatic rings. The molecule has 0 unspecified atom stereocenters. The van der Waals surface area contributed by atoms with Crippen molar-refractivity contribution in [2.24, 2.45) is 0 Å². The normalized spacial score (nSPS) is 18.1. The third-order valence-electron chi connectivity index (χ3n) is 6.52. The van der Waals surface area contributed by atoms with Crippen molar-refractivity contribution in [3.05, 3.63) is 71.3 Å². The fraction of sp³-hybridized carbons (Fsp3) is 0.346. The van der Waals surface area contributed by atoms with Crippen LogP contribution in [-0.4, -0.2) is 32.5 Å². The van der Waals surface area contributed by atoms with Gasteiger partial charge in [0.05, 0.1) is 11.1 Å². The number of imide groups is 1. The van der Waals surface area contributed by atoms with Gasteiger partial charge in [0, 0.05) is 12.1 Å². The molecule has 0 spiro atoms. The summed E-state index contributed by atoms with van der Waals surface area (Å²) >= 11 is 0. The molecule has 4 rings (SSSR count). The Bertz CT molecular complexity index is 1250. The van der Waals surface area contributed by atoms with Crippen LogP contribution in [0.4, 0.5) is 5.69 Å². The van der Waals surface area contributed by atoms with Crippen LogP contribution in [-0.2, 0) is 15.0 Å². The Morgan fingerprint density at radius 3 is 2.50 bits per heavy atom. The van der Waals surface area contributed by atoms with Crippen LogP contribution in [0.1, 0.15) is 73.5 Å². The van der Waals surface area contributed by atoms with Gasteiger partial charge in [-0.2, -0.15) is 0 Å². The number of rotatable bonds is 6. The predicted octanol–water partition coefficient (Wildman–Crippen LogP) is 4.04. The van der Waals surface area contributed by atoms with Crippen LogP contribution in [0.3, 0.4) is 0 Å². The summed E-state index contributed by atoms with van der Waals surface area (Å²) in [6.45, 7) is 7.98. The minimum atomic E-state index is -0.738. The van der Waals surface area contributed by atoms with Crippen LogP contribution in [0, 0.1) is 6.92 Å².